The summed E-state index contributed by atoms with van der Waals surface area (Å²) in [4.78, 5) is 11.2. The third kappa shape index (κ3) is 3.99. The zero-order valence-corrected chi connectivity index (χ0v) is 16.6. The van der Waals surface area contributed by atoms with Crippen LogP contribution in [-0.4, -0.2) is 46.2 Å². The van der Waals surface area contributed by atoms with Gasteiger partial charge in [-0.1, -0.05) is 12.1 Å². The molecule has 0 atom stereocenters. The van der Waals surface area contributed by atoms with Crippen LogP contribution in [0.4, 0.5) is 0 Å². The first-order valence-corrected chi connectivity index (χ1v) is 11.3. The molecule has 0 saturated heterocycles. The third-order valence-electron chi connectivity index (χ3n) is 3.96. The molecule has 3 aromatic rings. The van der Waals surface area contributed by atoms with Crippen LogP contribution < -0.4 is 9.50 Å². The van der Waals surface area contributed by atoms with Crippen molar-refractivity contribution in [3.8, 4) is 5.75 Å². The van der Waals surface area contributed by atoms with E-state index in [-0.39, 0.29) is 27.9 Å². The Kier molecular flexibility index (Phi) is 5.13. The van der Waals surface area contributed by atoms with Crippen LogP contribution in [-0.2, 0) is 31.2 Å². The number of H-pyrrole nitrogens is 1. The van der Waals surface area contributed by atoms with Gasteiger partial charge < -0.3 is 9.50 Å². The number of benzene rings is 2. The van der Waals surface area contributed by atoms with Crippen molar-refractivity contribution in [1.29, 1.82) is 0 Å². The number of carbonyl (C=O) groups is 1. The van der Waals surface area contributed by atoms with Crippen molar-refractivity contribution in [1.82, 2.24) is 15.5 Å². The van der Waals surface area contributed by atoms with E-state index >= 15 is 0 Å². The Morgan fingerprint density at radius 3 is 2.54 bits per heavy atom. The predicted octanol–water partition coefficient (Wildman–Crippen LogP) is 1.02. The standard InChI is InChI=1S/C17H17N3O6S2/c1-18-17(21)10-14-12-9-11(7-8-13(12)19-20-14)28(24,25)26-15-5-3-4-6-16(15)27(2,22)23/h3-9H,10H2,1-2H3,(H,18,21)(H,19,20). The number of nitrogens with zero attached hydrogens (tertiary/aromatic N) is 1. The number of amides is 1. The molecular formula is C17H17N3O6S2. The highest BCUT2D eigenvalue weighted by Crippen LogP contribution is 2.28. The molecule has 0 aliphatic rings. The van der Waals surface area contributed by atoms with Crippen molar-refractivity contribution < 1.29 is 25.8 Å². The van der Waals surface area contributed by atoms with Gasteiger partial charge in [0.15, 0.2) is 15.6 Å². The Morgan fingerprint density at radius 1 is 1.14 bits per heavy atom. The Balaban J connectivity index is 2.02. The molecule has 0 aliphatic carbocycles. The predicted molar refractivity (Wildman–Crippen MR) is 101 cm³/mol. The second kappa shape index (κ2) is 7.24. The zero-order valence-electron chi connectivity index (χ0n) is 15.0. The van der Waals surface area contributed by atoms with Gasteiger partial charge in [-0.05, 0) is 30.3 Å². The van der Waals surface area contributed by atoms with E-state index in [1.54, 1.807) is 0 Å². The molecule has 2 aromatic carbocycles. The largest absolute Gasteiger partial charge is 0.378 e. The Bertz CT molecular complexity index is 1260. The lowest BCUT2D eigenvalue weighted by Gasteiger charge is -2.10. The summed E-state index contributed by atoms with van der Waals surface area (Å²) in [7, 11) is -6.52. The summed E-state index contributed by atoms with van der Waals surface area (Å²) >= 11 is 0. The maximum absolute atomic E-state index is 12.7. The fourth-order valence-electron chi connectivity index (χ4n) is 2.57. The van der Waals surface area contributed by atoms with Crippen LogP contribution in [0.1, 0.15) is 5.69 Å². The second-order valence-corrected chi connectivity index (χ2v) is 9.52. The van der Waals surface area contributed by atoms with Gasteiger partial charge in [0.1, 0.15) is 9.79 Å². The molecule has 28 heavy (non-hydrogen) atoms. The highest BCUT2D eigenvalue weighted by atomic mass is 32.2. The number of carbonyl (C=O) groups excluding carboxylic acids is 1. The molecule has 1 heterocycles. The molecule has 3 rings (SSSR count). The molecule has 1 amide bonds. The monoisotopic (exact) mass is 423 g/mol. The number of sulfone groups is 1. The summed E-state index contributed by atoms with van der Waals surface area (Å²) in [6.07, 6.45) is 0.957. The first-order chi connectivity index (χ1) is 13.1. The normalized spacial score (nSPS) is 12.1. The average molecular weight is 423 g/mol. The number of nitrogens with one attached hydrogen (secondary N) is 2. The van der Waals surface area contributed by atoms with E-state index in [9.17, 15) is 21.6 Å². The summed E-state index contributed by atoms with van der Waals surface area (Å²) < 4.78 is 54.2. The van der Waals surface area contributed by atoms with Crippen molar-refractivity contribution >= 4 is 36.8 Å². The number of hydrogen-bond acceptors (Lipinski definition) is 7. The minimum atomic E-state index is -4.32. The van der Waals surface area contributed by atoms with Gasteiger partial charge in [-0.25, -0.2) is 8.42 Å². The van der Waals surface area contributed by atoms with Crippen LogP contribution in [0, 0.1) is 0 Å². The molecule has 1 aromatic heterocycles. The number of aromatic nitrogens is 2. The number of rotatable bonds is 6. The Morgan fingerprint density at radius 2 is 1.86 bits per heavy atom. The van der Waals surface area contributed by atoms with E-state index in [2.05, 4.69) is 15.5 Å². The molecular weight excluding hydrogens is 406 g/mol. The zero-order chi connectivity index (χ0) is 20.5. The smallest absolute Gasteiger partial charge is 0.339 e. The molecule has 0 aliphatic heterocycles. The van der Waals surface area contributed by atoms with Gasteiger partial charge in [-0.3, -0.25) is 9.89 Å². The van der Waals surface area contributed by atoms with Crippen molar-refractivity contribution in [2.24, 2.45) is 0 Å². The van der Waals surface area contributed by atoms with Crippen LogP contribution in [0.2, 0.25) is 0 Å². The first kappa shape index (κ1) is 19.8. The average Bonchev–Trinajstić information content (AvgIpc) is 3.03. The molecule has 0 spiro atoms. The molecule has 0 bridgehead atoms. The molecule has 11 heteroatoms. The van der Waals surface area contributed by atoms with E-state index in [0.717, 1.165) is 6.26 Å². The lowest BCUT2D eigenvalue weighted by molar-refractivity contribution is -0.120. The van der Waals surface area contributed by atoms with Gasteiger partial charge in [0.2, 0.25) is 5.91 Å². The summed E-state index contributed by atoms with van der Waals surface area (Å²) in [5.41, 5.74) is 0.928. The number of fused-ring (bicyclic) bond motifs is 1. The summed E-state index contributed by atoms with van der Waals surface area (Å²) in [6.45, 7) is 0. The van der Waals surface area contributed by atoms with Crippen molar-refractivity contribution in [3.05, 3.63) is 48.2 Å². The molecule has 2 N–H and O–H groups in total. The quantitative estimate of drug-likeness (QED) is 0.565. The summed E-state index contributed by atoms with van der Waals surface area (Å²) in [6, 6.07) is 9.57. The SMILES string of the molecule is CNC(=O)Cc1[nH]nc2ccc(S(=O)(=O)Oc3ccccc3S(C)(=O)=O)cc12. The fraction of sp³-hybridized carbons (Fsp3) is 0.176. The number of para-hydroxylation sites is 1. The highest BCUT2D eigenvalue weighted by Gasteiger charge is 2.23. The van der Waals surface area contributed by atoms with Crippen LogP contribution in [0.25, 0.3) is 10.9 Å². The Hall–Kier alpha value is -2.92. The maximum Gasteiger partial charge on any atom is 0.339 e. The topological polar surface area (TPSA) is 135 Å². The van der Waals surface area contributed by atoms with Gasteiger partial charge >= 0.3 is 10.1 Å². The van der Waals surface area contributed by atoms with Crippen LogP contribution >= 0.6 is 0 Å². The van der Waals surface area contributed by atoms with Gasteiger partial charge in [-0.2, -0.15) is 13.5 Å². The first-order valence-electron chi connectivity index (χ1n) is 8.03. The Labute approximate surface area is 161 Å². The minimum absolute atomic E-state index is 0.00568. The van der Waals surface area contributed by atoms with Gasteiger partial charge in [0, 0.05) is 18.7 Å². The van der Waals surface area contributed by atoms with E-state index in [1.165, 1.54) is 49.5 Å². The third-order valence-corrected chi connectivity index (χ3v) is 6.32. The maximum atomic E-state index is 12.7. The van der Waals surface area contributed by atoms with Crippen LogP contribution in [0.3, 0.4) is 0 Å². The van der Waals surface area contributed by atoms with Crippen molar-refractivity contribution in [2.75, 3.05) is 13.3 Å². The van der Waals surface area contributed by atoms with Crippen molar-refractivity contribution in [2.45, 2.75) is 16.2 Å². The molecule has 0 fully saturated rings. The number of hydrogen-bond donors (Lipinski definition) is 2. The second-order valence-electron chi connectivity index (χ2n) is 5.99. The summed E-state index contributed by atoms with van der Waals surface area (Å²) in [5, 5.41) is 9.68. The van der Waals surface area contributed by atoms with E-state index < -0.39 is 20.0 Å². The number of aromatic amines is 1. The molecule has 0 unspecified atom stereocenters. The van der Waals surface area contributed by atoms with E-state index in [0.29, 0.717) is 16.6 Å². The van der Waals surface area contributed by atoms with Gasteiger partial charge in [0.25, 0.3) is 0 Å². The van der Waals surface area contributed by atoms with E-state index in [4.69, 9.17) is 4.18 Å². The van der Waals surface area contributed by atoms with E-state index in [1.807, 2.05) is 0 Å². The molecule has 0 saturated carbocycles. The summed E-state index contributed by atoms with van der Waals surface area (Å²) in [5.74, 6) is -0.556. The highest BCUT2D eigenvalue weighted by molar-refractivity contribution is 7.91. The van der Waals surface area contributed by atoms with Gasteiger partial charge in [-0.15, -0.1) is 0 Å². The lowest BCUT2D eigenvalue weighted by atomic mass is 10.1. The van der Waals surface area contributed by atoms with Crippen LogP contribution in [0.5, 0.6) is 5.75 Å². The molecule has 9 nitrogen and oxygen atoms in total. The van der Waals surface area contributed by atoms with Crippen molar-refractivity contribution in [3.63, 3.8) is 0 Å². The molecule has 0 radical (unpaired) electrons. The van der Waals surface area contributed by atoms with Gasteiger partial charge in [0.05, 0.1) is 17.6 Å². The van der Waals surface area contributed by atoms with Crippen LogP contribution in [0.15, 0.2) is 52.3 Å². The molecule has 148 valence electrons. The fourth-order valence-corrected chi connectivity index (χ4v) is 4.40. The number of likely N-dealkylation sites (N-methyl/N-ethyl adjacent to an activating group) is 1. The minimum Gasteiger partial charge on any atom is -0.378 e. The lowest BCUT2D eigenvalue weighted by Crippen LogP contribution is -2.20.